The van der Waals surface area contributed by atoms with Gasteiger partial charge in [-0.1, -0.05) is 35.9 Å². The second kappa shape index (κ2) is 5.13. The van der Waals surface area contributed by atoms with Crippen molar-refractivity contribution in [2.75, 3.05) is 0 Å². The predicted octanol–water partition coefficient (Wildman–Crippen LogP) is 2.35. The minimum Gasteiger partial charge on any atom is -0.299 e. The van der Waals surface area contributed by atoms with Gasteiger partial charge in [0, 0.05) is 16.7 Å². The lowest BCUT2D eigenvalue weighted by atomic mass is 9.80. The van der Waals surface area contributed by atoms with E-state index in [9.17, 15) is 19.2 Å². The van der Waals surface area contributed by atoms with Crippen LogP contribution in [0, 0.1) is 5.92 Å². The number of ketones is 4. The van der Waals surface area contributed by atoms with Gasteiger partial charge in [0.1, 0.15) is 17.5 Å². The zero-order chi connectivity index (χ0) is 15.0. The fourth-order valence-electron chi connectivity index (χ4n) is 2.32. The van der Waals surface area contributed by atoms with Gasteiger partial charge in [-0.25, -0.2) is 0 Å². The van der Waals surface area contributed by atoms with Gasteiger partial charge in [-0.3, -0.25) is 19.2 Å². The third-order valence-corrected chi connectivity index (χ3v) is 3.57. The summed E-state index contributed by atoms with van der Waals surface area (Å²) in [6.45, 7) is 2.39. The smallest absolute Gasteiger partial charge is 0.205 e. The molecule has 0 unspecified atom stereocenters. The van der Waals surface area contributed by atoms with Crippen molar-refractivity contribution in [2.24, 2.45) is 5.92 Å². The minimum atomic E-state index is -1.28. The van der Waals surface area contributed by atoms with E-state index in [4.69, 9.17) is 11.6 Å². The second-order valence-corrected chi connectivity index (χ2v) is 4.96. The number of allylic oxidation sites excluding steroid dienone is 2. The van der Waals surface area contributed by atoms with Crippen molar-refractivity contribution in [3.63, 3.8) is 0 Å². The monoisotopic (exact) mass is 290 g/mol. The van der Waals surface area contributed by atoms with E-state index >= 15 is 0 Å². The zero-order valence-electron chi connectivity index (χ0n) is 10.9. The highest BCUT2D eigenvalue weighted by atomic mass is 35.5. The Morgan fingerprint density at radius 3 is 1.85 bits per heavy atom. The molecule has 1 aliphatic carbocycles. The summed E-state index contributed by atoms with van der Waals surface area (Å²) < 4.78 is 0. The van der Waals surface area contributed by atoms with Gasteiger partial charge in [0.25, 0.3) is 0 Å². The number of benzene rings is 1. The van der Waals surface area contributed by atoms with E-state index in [1.807, 2.05) is 0 Å². The van der Waals surface area contributed by atoms with Gasteiger partial charge < -0.3 is 0 Å². The molecule has 0 aromatic heterocycles. The third kappa shape index (κ3) is 2.12. The van der Waals surface area contributed by atoms with Gasteiger partial charge in [-0.05, 0) is 13.8 Å². The maximum atomic E-state index is 12.4. The van der Waals surface area contributed by atoms with Crippen LogP contribution in [0.3, 0.4) is 0 Å². The highest BCUT2D eigenvalue weighted by Gasteiger charge is 2.38. The normalized spacial score (nSPS) is 14.6. The molecule has 1 aliphatic rings. The second-order valence-electron chi connectivity index (χ2n) is 4.59. The molecule has 0 amide bonds. The van der Waals surface area contributed by atoms with Crippen molar-refractivity contribution < 1.29 is 19.2 Å². The number of halogens is 1. The Kier molecular flexibility index (Phi) is 3.68. The van der Waals surface area contributed by atoms with E-state index in [-0.39, 0.29) is 21.7 Å². The van der Waals surface area contributed by atoms with Crippen LogP contribution in [0.4, 0.5) is 0 Å². The molecule has 102 valence electrons. The summed E-state index contributed by atoms with van der Waals surface area (Å²) >= 11 is 5.94. The lowest BCUT2D eigenvalue weighted by molar-refractivity contribution is -0.128. The van der Waals surface area contributed by atoms with Crippen molar-refractivity contribution in [1.82, 2.24) is 0 Å². The number of carbonyl (C=O) groups is 4. The number of hydrogen-bond donors (Lipinski definition) is 0. The minimum absolute atomic E-state index is 0.171. The van der Waals surface area contributed by atoms with Gasteiger partial charge in [0.15, 0.2) is 5.78 Å². The highest BCUT2D eigenvalue weighted by molar-refractivity contribution is 6.50. The van der Waals surface area contributed by atoms with Gasteiger partial charge in [-0.15, -0.1) is 0 Å². The molecule has 2 rings (SSSR count). The fraction of sp³-hybridized carbons (Fsp3) is 0.200. The summed E-state index contributed by atoms with van der Waals surface area (Å²) in [7, 11) is 0. The number of hydrogen-bond acceptors (Lipinski definition) is 4. The number of Topliss-reactive ketones (excluding diaryl/α,β-unsaturated/α-hetero) is 4. The first-order chi connectivity index (χ1) is 9.36. The Balaban J connectivity index is 2.68. The number of carbonyl (C=O) groups excluding carboxylic acids is 4. The highest BCUT2D eigenvalue weighted by Crippen LogP contribution is 2.33. The van der Waals surface area contributed by atoms with Crippen LogP contribution in [0.25, 0.3) is 0 Å². The molecule has 0 heterocycles. The molecule has 0 saturated heterocycles. The van der Waals surface area contributed by atoms with Crippen LogP contribution in [-0.4, -0.2) is 23.1 Å². The largest absolute Gasteiger partial charge is 0.299 e. The first-order valence-electron chi connectivity index (χ1n) is 5.95. The van der Waals surface area contributed by atoms with Gasteiger partial charge in [0.05, 0.1) is 5.03 Å². The first kappa shape index (κ1) is 14.3. The lowest BCUT2D eigenvalue weighted by Crippen LogP contribution is -2.31. The molecule has 4 nitrogen and oxygen atoms in total. The van der Waals surface area contributed by atoms with Crippen molar-refractivity contribution in [2.45, 2.75) is 13.8 Å². The molecule has 0 aliphatic heterocycles. The van der Waals surface area contributed by atoms with E-state index in [0.29, 0.717) is 0 Å². The van der Waals surface area contributed by atoms with Crippen molar-refractivity contribution in [1.29, 1.82) is 0 Å². The number of rotatable bonds is 3. The summed E-state index contributed by atoms with van der Waals surface area (Å²) in [6.07, 6.45) is 0. The standard InChI is InChI=1S/C15H11ClO4/c1-7(17)11(8(2)18)12-13(16)15(20)10-6-4-3-5-9(10)14(12)19/h3-6,11H,1-2H3. The SMILES string of the molecule is CC(=O)C(C(C)=O)C1=C(Cl)C(=O)c2ccccc2C1=O. The molecular formula is C15H11ClO4. The van der Waals surface area contributed by atoms with E-state index < -0.39 is 29.1 Å². The predicted molar refractivity (Wildman–Crippen MR) is 72.8 cm³/mol. The molecular weight excluding hydrogens is 280 g/mol. The average Bonchev–Trinajstić information content (AvgIpc) is 2.40. The topological polar surface area (TPSA) is 68.3 Å². The average molecular weight is 291 g/mol. The maximum Gasteiger partial charge on any atom is 0.205 e. The van der Waals surface area contributed by atoms with Gasteiger partial charge in [-0.2, -0.15) is 0 Å². The van der Waals surface area contributed by atoms with E-state index in [2.05, 4.69) is 0 Å². The van der Waals surface area contributed by atoms with Crippen molar-refractivity contribution in [3.05, 3.63) is 46.0 Å². The Bertz CT molecular complexity index is 671. The Morgan fingerprint density at radius 2 is 1.40 bits per heavy atom. The summed E-state index contributed by atoms with van der Waals surface area (Å²) in [5.74, 6) is -3.38. The van der Waals surface area contributed by atoms with Crippen molar-refractivity contribution in [3.8, 4) is 0 Å². The molecule has 5 heteroatoms. The molecule has 1 aromatic rings. The van der Waals surface area contributed by atoms with E-state index in [0.717, 1.165) is 0 Å². The third-order valence-electron chi connectivity index (χ3n) is 3.20. The van der Waals surface area contributed by atoms with Crippen LogP contribution in [0.5, 0.6) is 0 Å². The summed E-state index contributed by atoms with van der Waals surface area (Å²) in [5.41, 5.74) is 0.150. The van der Waals surface area contributed by atoms with E-state index in [1.54, 1.807) is 12.1 Å². The molecule has 0 radical (unpaired) electrons. The summed E-state index contributed by atoms with van der Waals surface area (Å²) in [6, 6.07) is 6.20. The lowest BCUT2D eigenvalue weighted by Gasteiger charge is -2.21. The molecule has 0 fully saturated rings. The molecule has 1 aromatic carbocycles. The van der Waals surface area contributed by atoms with Crippen LogP contribution in [-0.2, 0) is 9.59 Å². The Labute approximate surface area is 120 Å². The van der Waals surface area contributed by atoms with Crippen LogP contribution < -0.4 is 0 Å². The maximum absolute atomic E-state index is 12.4. The van der Waals surface area contributed by atoms with Crippen LogP contribution in [0.2, 0.25) is 0 Å². The molecule has 0 bridgehead atoms. The molecule has 0 N–H and O–H groups in total. The molecule has 0 spiro atoms. The van der Waals surface area contributed by atoms with E-state index in [1.165, 1.54) is 26.0 Å². The zero-order valence-corrected chi connectivity index (χ0v) is 11.7. The molecule has 20 heavy (non-hydrogen) atoms. The fourth-order valence-corrected chi connectivity index (χ4v) is 2.61. The van der Waals surface area contributed by atoms with Crippen LogP contribution in [0.15, 0.2) is 34.9 Å². The van der Waals surface area contributed by atoms with Crippen molar-refractivity contribution >= 4 is 34.7 Å². The quantitative estimate of drug-likeness (QED) is 0.801. The Morgan fingerprint density at radius 1 is 0.950 bits per heavy atom. The van der Waals surface area contributed by atoms with Gasteiger partial charge >= 0.3 is 0 Å². The first-order valence-corrected chi connectivity index (χ1v) is 6.33. The number of fused-ring (bicyclic) bond motifs is 1. The van der Waals surface area contributed by atoms with Crippen LogP contribution >= 0.6 is 11.6 Å². The Hall–Kier alpha value is -2.07. The molecule has 0 atom stereocenters. The summed E-state index contributed by atoms with van der Waals surface area (Å²) in [5, 5.41) is -0.343. The molecule has 0 saturated carbocycles. The van der Waals surface area contributed by atoms with Crippen LogP contribution in [0.1, 0.15) is 34.6 Å². The summed E-state index contributed by atoms with van der Waals surface area (Å²) in [4.78, 5) is 47.8. The van der Waals surface area contributed by atoms with Gasteiger partial charge in [0.2, 0.25) is 5.78 Å².